The smallest absolute Gasteiger partial charge is 0.271 e. The molecule has 0 saturated carbocycles. The number of anilines is 1. The van der Waals surface area contributed by atoms with Crippen LogP contribution in [-0.2, 0) is 11.3 Å². The minimum absolute atomic E-state index is 0.0981. The quantitative estimate of drug-likeness (QED) is 0.456. The number of nitrogens with zero attached hydrogens (tertiary/aromatic N) is 4. The minimum Gasteiger partial charge on any atom is -0.324 e. The van der Waals surface area contributed by atoms with Gasteiger partial charge in [0.1, 0.15) is 5.82 Å². The number of benzene rings is 1. The molecule has 0 atom stereocenters. The SMILES string of the molecule is CCCn1c(C)nnc1SCC(=O)Nc1cc([N+](=O)[O-])ccc1Cl. The number of non-ortho nitro benzene ring substituents is 1. The first-order chi connectivity index (χ1) is 11.4. The van der Waals surface area contributed by atoms with Crippen LogP contribution in [0.1, 0.15) is 19.2 Å². The summed E-state index contributed by atoms with van der Waals surface area (Å²) < 4.78 is 1.94. The number of amides is 1. The van der Waals surface area contributed by atoms with E-state index >= 15 is 0 Å². The van der Waals surface area contributed by atoms with Crippen LogP contribution in [0.4, 0.5) is 11.4 Å². The number of carbonyl (C=O) groups excluding carboxylic acids is 1. The van der Waals surface area contributed by atoms with Crippen LogP contribution < -0.4 is 5.32 Å². The van der Waals surface area contributed by atoms with E-state index in [0.29, 0.717) is 5.16 Å². The van der Waals surface area contributed by atoms with Gasteiger partial charge in [0.05, 0.1) is 21.4 Å². The fraction of sp³-hybridized carbons (Fsp3) is 0.357. The Hall–Kier alpha value is -2.13. The zero-order valence-corrected chi connectivity index (χ0v) is 14.7. The van der Waals surface area contributed by atoms with Gasteiger partial charge in [-0.05, 0) is 19.4 Å². The molecule has 1 N–H and O–H groups in total. The van der Waals surface area contributed by atoms with E-state index in [0.717, 1.165) is 18.8 Å². The zero-order valence-electron chi connectivity index (χ0n) is 13.2. The number of nitrogens with one attached hydrogen (secondary N) is 1. The summed E-state index contributed by atoms with van der Waals surface area (Å²) in [5, 5.41) is 22.3. The first kappa shape index (κ1) is 18.2. The maximum Gasteiger partial charge on any atom is 0.271 e. The van der Waals surface area contributed by atoms with Gasteiger partial charge < -0.3 is 9.88 Å². The lowest BCUT2D eigenvalue weighted by Gasteiger charge is -2.08. The van der Waals surface area contributed by atoms with E-state index in [1.807, 2.05) is 18.4 Å². The lowest BCUT2D eigenvalue weighted by molar-refractivity contribution is -0.384. The molecule has 1 aromatic heterocycles. The van der Waals surface area contributed by atoms with Gasteiger partial charge in [-0.2, -0.15) is 0 Å². The molecular weight excluding hydrogens is 354 g/mol. The van der Waals surface area contributed by atoms with Gasteiger partial charge in [0.2, 0.25) is 5.91 Å². The highest BCUT2D eigenvalue weighted by Gasteiger charge is 2.14. The summed E-state index contributed by atoms with van der Waals surface area (Å²) in [7, 11) is 0. The Morgan fingerprint density at radius 2 is 2.21 bits per heavy atom. The second-order valence-electron chi connectivity index (χ2n) is 4.94. The van der Waals surface area contributed by atoms with Gasteiger partial charge in [-0.15, -0.1) is 10.2 Å². The molecule has 1 amide bonds. The monoisotopic (exact) mass is 369 g/mol. The van der Waals surface area contributed by atoms with Crippen LogP contribution in [0.3, 0.4) is 0 Å². The fourth-order valence-corrected chi connectivity index (χ4v) is 2.96. The Kier molecular flexibility index (Phi) is 6.16. The van der Waals surface area contributed by atoms with Gasteiger partial charge in [-0.3, -0.25) is 14.9 Å². The predicted molar refractivity (Wildman–Crippen MR) is 92.5 cm³/mol. The summed E-state index contributed by atoms with van der Waals surface area (Å²) in [4.78, 5) is 22.3. The van der Waals surface area contributed by atoms with Gasteiger partial charge in [-0.1, -0.05) is 30.3 Å². The Bertz CT molecular complexity index is 765. The first-order valence-electron chi connectivity index (χ1n) is 7.18. The van der Waals surface area contributed by atoms with Crippen LogP contribution in [-0.4, -0.2) is 31.3 Å². The summed E-state index contributed by atoms with van der Waals surface area (Å²) in [6.07, 6.45) is 0.932. The van der Waals surface area contributed by atoms with Gasteiger partial charge in [-0.25, -0.2) is 0 Å². The van der Waals surface area contributed by atoms with E-state index in [2.05, 4.69) is 15.5 Å². The molecule has 2 aromatic rings. The number of halogens is 1. The molecule has 1 aromatic carbocycles. The van der Waals surface area contributed by atoms with Gasteiger partial charge >= 0.3 is 0 Å². The molecular formula is C14H16ClN5O3S. The van der Waals surface area contributed by atoms with Crippen molar-refractivity contribution >= 4 is 40.6 Å². The van der Waals surface area contributed by atoms with Crippen molar-refractivity contribution in [3.05, 3.63) is 39.2 Å². The number of rotatable bonds is 7. The molecule has 0 aliphatic rings. The Labute approximate surface area is 147 Å². The van der Waals surface area contributed by atoms with Crippen molar-refractivity contribution in [3.8, 4) is 0 Å². The Morgan fingerprint density at radius 1 is 1.46 bits per heavy atom. The maximum absolute atomic E-state index is 12.1. The third kappa shape index (κ3) is 4.45. The predicted octanol–water partition coefficient (Wildman–Crippen LogP) is 3.29. The van der Waals surface area contributed by atoms with Crippen LogP contribution in [0.25, 0.3) is 0 Å². The molecule has 0 bridgehead atoms. The number of aromatic nitrogens is 3. The van der Waals surface area contributed by atoms with Gasteiger partial charge in [0.25, 0.3) is 5.69 Å². The number of hydrogen-bond acceptors (Lipinski definition) is 6. The highest BCUT2D eigenvalue weighted by molar-refractivity contribution is 7.99. The third-order valence-electron chi connectivity index (χ3n) is 3.12. The molecule has 0 spiro atoms. The van der Waals surface area contributed by atoms with Crippen molar-refractivity contribution in [1.82, 2.24) is 14.8 Å². The highest BCUT2D eigenvalue weighted by Crippen LogP contribution is 2.27. The molecule has 2 rings (SSSR count). The number of thioether (sulfide) groups is 1. The topological polar surface area (TPSA) is 103 Å². The number of aryl methyl sites for hydroxylation is 1. The Balaban J connectivity index is 2.02. The van der Waals surface area contributed by atoms with Crippen LogP contribution >= 0.6 is 23.4 Å². The molecule has 24 heavy (non-hydrogen) atoms. The molecule has 128 valence electrons. The molecule has 0 saturated heterocycles. The van der Waals surface area contributed by atoms with Crippen molar-refractivity contribution in [1.29, 1.82) is 0 Å². The van der Waals surface area contributed by atoms with Crippen molar-refractivity contribution in [3.63, 3.8) is 0 Å². The van der Waals surface area contributed by atoms with Crippen LogP contribution in [0, 0.1) is 17.0 Å². The summed E-state index contributed by atoms with van der Waals surface area (Å²) in [6.45, 7) is 4.68. The number of hydrogen-bond donors (Lipinski definition) is 1. The van der Waals surface area contributed by atoms with E-state index in [9.17, 15) is 14.9 Å². The third-order valence-corrected chi connectivity index (χ3v) is 4.41. The summed E-state index contributed by atoms with van der Waals surface area (Å²) in [6, 6.07) is 3.89. The first-order valence-corrected chi connectivity index (χ1v) is 8.55. The van der Waals surface area contributed by atoms with Crippen LogP contribution in [0.5, 0.6) is 0 Å². The maximum atomic E-state index is 12.1. The number of nitro benzene ring substituents is 1. The standard InChI is InChI=1S/C14H16ClN5O3S/c1-3-6-19-9(2)17-18-14(19)24-8-13(21)16-12-7-10(20(22)23)4-5-11(12)15/h4-5,7H,3,6,8H2,1-2H3,(H,16,21). The van der Waals surface area contributed by atoms with E-state index in [-0.39, 0.29) is 28.1 Å². The molecule has 0 aliphatic heterocycles. The average molecular weight is 370 g/mol. The Morgan fingerprint density at radius 3 is 2.88 bits per heavy atom. The van der Waals surface area contributed by atoms with Crippen LogP contribution in [0.2, 0.25) is 5.02 Å². The largest absolute Gasteiger partial charge is 0.324 e. The molecule has 0 radical (unpaired) electrons. The van der Waals surface area contributed by atoms with E-state index in [4.69, 9.17) is 11.6 Å². The zero-order chi connectivity index (χ0) is 17.7. The molecule has 8 nitrogen and oxygen atoms in total. The molecule has 0 unspecified atom stereocenters. The van der Waals surface area contributed by atoms with Gasteiger partial charge in [0.15, 0.2) is 5.16 Å². The number of nitro groups is 1. The molecule has 10 heteroatoms. The normalized spacial score (nSPS) is 10.6. The lowest BCUT2D eigenvalue weighted by atomic mass is 10.3. The van der Waals surface area contributed by atoms with Crippen molar-refractivity contribution in [2.45, 2.75) is 32.0 Å². The summed E-state index contributed by atoms with van der Waals surface area (Å²) in [5.74, 6) is 0.563. The molecule has 0 aliphatic carbocycles. The minimum atomic E-state index is -0.545. The number of carbonyl (C=O) groups is 1. The highest BCUT2D eigenvalue weighted by atomic mass is 35.5. The van der Waals surface area contributed by atoms with Crippen molar-refractivity contribution < 1.29 is 9.72 Å². The lowest BCUT2D eigenvalue weighted by Crippen LogP contribution is -2.15. The van der Waals surface area contributed by atoms with Crippen molar-refractivity contribution in [2.75, 3.05) is 11.1 Å². The van der Waals surface area contributed by atoms with E-state index < -0.39 is 4.92 Å². The second kappa shape index (κ2) is 8.11. The molecule has 1 heterocycles. The van der Waals surface area contributed by atoms with Gasteiger partial charge in [0, 0.05) is 18.7 Å². The second-order valence-corrected chi connectivity index (χ2v) is 6.29. The molecule has 0 fully saturated rings. The summed E-state index contributed by atoms with van der Waals surface area (Å²) in [5.41, 5.74) is 0.0725. The summed E-state index contributed by atoms with van der Waals surface area (Å²) >= 11 is 7.21. The van der Waals surface area contributed by atoms with E-state index in [1.165, 1.54) is 30.0 Å². The van der Waals surface area contributed by atoms with Crippen molar-refractivity contribution in [2.24, 2.45) is 0 Å². The average Bonchev–Trinajstić information content (AvgIpc) is 2.88. The fourth-order valence-electron chi connectivity index (χ4n) is 1.99. The van der Waals surface area contributed by atoms with E-state index in [1.54, 1.807) is 0 Å². The van der Waals surface area contributed by atoms with Crippen LogP contribution in [0.15, 0.2) is 23.4 Å².